The van der Waals surface area contributed by atoms with Gasteiger partial charge in [0.25, 0.3) is 5.91 Å². The molecule has 0 radical (unpaired) electrons. The summed E-state index contributed by atoms with van der Waals surface area (Å²) < 4.78 is 11.5. The average molecular weight is 341 g/mol. The monoisotopic (exact) mass is 341 g/mol. The molecular formula is C20H23NO2S. The maximum Gasteiger partial charge on any atom is 0.254 e. The fraction of sp³-hybridized carbons (Fsp3) is 0.350. The molecule has 0 aromatic heterocycles. The third kappa shape index (κ3) is 3.93. The van der Waals surface area contributed by atoms with E-state index >= 15 is 0 Å². The van der Waals surface area contributed by atoms with Crippen LogP contribution in [-0.4, -0.2) is 33.9 Å². The Bertz CT molecular complexity index is 712. The second-order valence-corrected chi connectivity index (χ2v) is 7.70. The lowest BCUT2D eigenvalue weighted by molar-refractivity contribution is 0.0613. The Hall–Kier alpha value is -1.94. The molecular weight excluding hydrogens is 318 g/mol. The largest absolute Gasteiger partial charge is 0.335 e. The van der Waals surface area contributed by atoms with Gasteiger partial charge in [0.15, 0.2) is 0 Å². The van der Waals surface area contributed by atoms with Gasteiger partial charge in [-0.25, -0.2) is 0 Å². The molecule has 1 aliphatic heterocycles. The lowest BCUT2D eigenvalue weighted by Crippen LogP contribution is -2.44. The first-order valence-electron chi connectivity index (χ1n) is 8.43. The van der Waals surface area contributed by atoms with E-state index in [1.807, 2.05) is 23.1 Å². The molecule has 0 N–H and O–H groups in total. The molecule has 3 rings (SSSR count). The summed E-state index contributed by atoms with van der Waals surface area (Å²) in [5.41, 5.74) is 1.96. The number of piperidine rings is 1. The van der Waals surface area contributed by atoms with Crippen molar-refractivity contribution in [1.29, 1.82) is 0 Å². The molecule has 2 atom stereocenters. The Morgan fingerprint density at radius 3 is 2.46 bits per heavy atom. The van der Waals surface area contributed by atoms with Crippen molar-refractivity contribution in [3.8, 4) is 0 Å². The van der Waals surface area contributed by atoms with E-state index in [1.165, 1.54) is 12.0 Å². The third-order valence-corrected chi connectivity index (χ3v) is 5.57. The van der Waals surface area contributed by atoms with Crippen molar-refractivity contribution in [2.45, 2.75) is 36.6 Å². The third-order valence-electron chi connectivity index (χ3n) is 4.64. The molecule has 0 spiro atoms. The first-order valence-corrected chi connectivity index (χ1v) is 9.99. The summed E-state index contributed by atoms with van der Waals surface area (Å²) in [5, 5.41) is 0. The molecule has 0 saturated carbocycles. The fourth-order valence-electron chi connectivity index (χ4n) is 3.32. The highest BCUT2D eigenvalue weighted by Gasteiger charge is 2.27. The highest BCUT2D eigenvalue weighted by atomic mass is 32.2. The van der Waals surface area contributed by atoms with Gasteiger partial charge >= 0.3 is 0 Å². The summed E-state index contributed by atoms with van der Waals surface area (Å²) in [4.78, 5) is 15.7. The minimum Gasteiger partial charge on any atom is -0.335 e. The van der Waals surface area contributed by atoms with Crippen LogP contribution in [0.5, 0.6) is 0 Å². The molecule has 1 fully saturated rings. The van der Waals surface area contributed by atoms with Gasteiger partial charge in [-0.2, -0.15) is 0 Å². The fourth-order valence-corrected chi connectivity index (χ4v) is 3.84. The number of hydrogen-bond acceptors (Lipinski definition) is 2. The molecule has 1 heterocycles. The molecule has 3 nitrogen and oxygen atoms in total. The van der Waals surface area contributed by atoms with Crippen molar-refractivity contribution in [1.82, 2.24) is 4.90 Å². The maximum atomic E-state index is 12.9. The molecule has 24 heavy (non-hydrogen) atoms. The van der Waals surface area contributed by atoms with Gasteiger partial charge in [-0.1, -0.05) is 30.3 Å². The second kappa shape index (κ2) is 7.75. The number of carbonyl (C=O) groups is 1. The van der Waals surface area contributed by atoms with Gasteiger partial charge in [-0.3, -0.25) is 9.00 Å². The zero-order valence-electron chi connectivity index (χ0n) is 14.0. The van der Waals surface area contributed by atoms with Crippen LogP contribution < -0.4 is 0 Å². The van der Waals surface area contributed by atoms with E-state index in [0.29, 0.717) is 5.56 Å². The first kappa shape index (κ1) is 16.9. The number of amides is 1. The van der Waals surface area contributed by atoms with E-state index < -0.39 is 10.8 Å². The van der Waals surface area contributed by atoms with E-state index in [2.05, 4.69) is 12.1 Å². The zero-order valence-corrected chi connectivity index (χ0v) is 14.8. The van der Waals surface area contributed by atoms with Crippen molar-refractivity contribution in [2.75, 3.05) is 12.8 Å². The molecule has 1 amide bonds. The van der Waals surface area contributed by atoms with Gasteiger partial charge in [-0.05, 0) is 55.5 Å². The van der Waals surface area contributed by atoms with Crippen LogP contribution in [0.4, 0.5) is 0 Å². The van der Waals surface area contributed by atoms with Crippen molar-refractivity contribution in [2.24, 2.45) is 0 Å². The molecule has 2 aromatic carbocycles. The minimum absolute atomic E-state index is 0.0871. The van der Waals surface area contributed by atoms with Gasteiger partial charge < -0.3 is 4.90 Å². The SMILES string of the molecule is C[S@@](=O)c1ccc(C(=O)N2CCCC[C@@H]2Cc2ccccc2)cc1. The van der Waals surface area contributed by atoms with Gasteiger partial charge in [0.05, 0.1) is 0 Å². The Balaban J connectivity index is 1.76. The van der Waals surface area contributed by atoms with E-state index in [0.717, 1.165) is 30.7 Å². The number of hydrogen-bond donors (Lipinski definition) is 0. The van der Waals surface area contributed by atoms with Crippen LogP contribution in [0.1, 0.15) is 35.2 Å². The standard InChI is InChI=1S/C20H23NO2S/c1-24(23)19-12-10-17(11-13-19)20(22)21-14-6-5-9-18(21)15-16-7-3-2-4-8-16/h2-4,7-8,10-13,18H,5-6,9,14-15H2,1H3/t18-,24-/m1/s1. The van der Waals surface area contributed by atoms with E-state index in [9.17, 15) is 9.00 Å². The van der Waals surface area contributed by atoms with Crippen LogP contribution in [0.25, 0.3) is 0 Å². The summed E-state index contributed by atoms with van der Waals surface area (Å²) in [7, 11) is -1.01. The predicted molar refractivity (Wildman–Crippen MR) is 97.6 cm³/mol. The lowest BCUT2D eigenvalue weighted by Gasteiger charge is -2.36. The number of benzene rings is 2. The van der Waals surface area contributed by atoms with E-state index in [-0.39, 0.29) is 11.9 Å². The topological polar surface area (TPSA) is 37.4 Å². The second-order valence-electron chi connectivity index (χ2n) is 6.32. The highest BCUT2D eigenvalue weighted by molar-refractivity contribution is 7.84. The number of carbonyl (C=O) groups excluding carboxylic acids is 1. The van der Waals surface area contributed by atoms with Gasteiger partial charge in [-0.15, -0.1) is 0 Å². The Morgan fingerprint density at radius 1 is 1.08 bits per heavy atom. The molecule has 0 unspecified atom stereocenters. The van der Waals surface area contributed by atoms with Gasteiger partial charge in [0.1, 0.15) is 0 Å². The summed E-state index contributed by atoms with van der Waals surface area (Å²) in [6, 6.07) is 17.8. The molecule has 1 saturated heterocycles. The normalized spacial score (nSPS) is 19.0. The number of likely N-dealkylation sites (tertiary alicyclic amines) is 1. The quantitative estimate of drug-likeness (QED) is 0.851. The van der Waals surface area contributed by atoms with Crippen LogP contribution in [0.2, 0.25) is 0 Å². The average Bonchev–Trinajstić information content (AvgIpc) is 2.62. The Kier molecular flexibility index (Phi) is 5.46. The predicted octanol–water partition coefficient (Wildman–Crippen LogP) is 3.66. The maximum absolute atomic E-state index is 12.9. The molecule has 126 valence electrons. The van der Waals surface area contributed by atoms with Crippen molar-refractivity contribution in [3.63, 3.8) is 0 Å². The van der Waals surface area contributed by atoms with Crippen LogP contribution in [-0.2, 0) is 17.2 Å². The lowest BCUT2D eigenvalue weighted by atomic mass is 9.95. The van der Waals surface area contributed by atoms with E-state index in [4.69, 9.17) is 0 Å². The molecule has 2 aromatic rings. The summed E-state index contributed by atoms with van der Waals surface area (Å²) in [6.45, 7) is 0.817. The van der Waals surface area contributed by atoms with Crippen molar-refractivity contribution in [3.05, 3.63) is 65.7 Å². The summed E-state index contributed by atoms with van der Waals surface area (Å²) in [6.07, 6.45) is 5.85. The minimum atomic E-state index is -1.01. The molecule has 1 aliphatic rings. The van der Waals surface area contributed by atoms with Crippen LogP contribution in [0, 0.1) is 0 Å². The Morgan fingerprint density at radius 2 is 1.79 bits per heavy atom. The smallest absolute Gasteiger partial charge is 0.254 e. The highest BCUT2D eigenvalue weighted by Crippen LogP contribution is 2.23. The van der Waals surface area contributed by atoms with Crippen molar-refractivity contribution >= 4 is 16.7 Å². The number of nitrogens with zero attached hydrogens (tertiary/aromatic N) is 1. The Labute approximate surface area is 146 Å². The van der Waals surface area contributed by atoms with Crippen LogP contribution in [0.15, 0.2) is 59.5 Å². The van der Waals surface area contributed by atoms with Crippen LogP contribution in [0.3, 0.4) is 0 Å². The van der Waals surface area contributed by atoms with Crippen LogP contribution >= 0.6 is 0 Å². The summed E-state index contributed by atoms with van der Waals surface area (Å²) >= 11 is 0. The van der Waals surface area contributed by atoms with Gasteiger partial charge in [0, 0.05) is 40.1 Å². The number of rotatable bonds is 4. The molecule has 0 bridgehead atoms. The van der Waals surface area contributed by atoms with E-state index in [1.54, 1.807) is 30.5 Å². The first-order chi connectivity index (χ1) is 11.6. The van der Waals surface area contributed by atoms with Gasteiger partial charge in [0.2, 0.25) is 0 Å². The zero-order chi connectivity index (χ0) is 16.9. The molecule has 0 aliphatic carbocycles. The summed E-state index contributed by atoms with van der Waals surface area (Å²) in [5.74, 6) is 0.0871. The van der Waals surface area contributed by atoms with Crippen molar-refractivity contribution < 1.29 is 9.00 Å². The molecule has 4 heteroatoms.